The van der Waals surface area contributed by atoms with Crippen LogP contribution in [-0.4, -0.2) is 27.7 Å². The smallest absolute Gasteiger partial charge is 0.126 e. The maximum Gasteiger partial charge on any atom is 0.126 e. The molecule has 41 heavy (non-hydrogen) atoms. The number of hydrogen-bond donors (Lipinski definition) is 1. The predicted octanol–water partition coefficient (Wildman–Crippen LogP) is 10.9. The van der Waals surface area contributed by atoms with Gasteiger partial charge in [-0.05, 0) is 130 Å². The van der Waals surface area contributed by atoms with Crippen LogP contribution < -0.4 is 0 Å². The highest BCUT2D eigenvalue weighted by atomic mass is 16.6. The molecule has 3 aliphatic rings. The van der Waals surface area contributed by atoms with Crippen LogP contribution >= 0.6 is 0 Å². The van der Waals surface area contributed by atoms with Crippen molar-refractivity contribution in [3.05, 3.63) is 60.8 Å². The summed E-state index contributed by atoms with van der Waals surface area (Å²) in [6, 6.07) is 0. The molecule has 1 fully saturated rings. The summed E-state index contributed by atoms with van der Waals surface area (Å²) in [6.07, 6.45) is 16.0. The molecule has 0 aromatic carbocycles. The Kier molecular flexibility index (Phi) is 16.1. The largest absolute Gasteiger partial charge is 0.390 e. The summed E-state index contributed by atoms with van der Waals surface area (Å²) in [7, 11) is 0. The van der Waals surface area contributed by atoms with E-state index in [2.05, 4.69) is 74.8 Å². The van der Waals surface area contributed by atoms with Crippen LogP contribution in [0.2, 0.25) is 0 Å². The summed E-state index contributed by atoms with van der Waals surface area (Å²) >= 11 is 0. The monoisotopic (exact) mass is 571 g/mol. The Morgan fingerprint density at radius 1 is 1.00 bits per heavy atom. The molecular weight excluding hydrogens is 504 g/mol. The average Bonchev–Trinajstić information content (AvgIpc) is 3.40. The van der Waals surface area contributed by atoms with Gasteiger partial charge in [0.2, 0.25) is 0 Å². The van der Waals surface area contributed by atoms with E-state index < -0.39 is 5.60 Å². The normalized spacial score (nSPS) is 24.3. The number of allylic oxidation sites excluding steroid dienone is 6. The molecule has 0 saturated carbocycles. The maximum absolute atomic E-state index is 9.62. The molecule has 3 unspecified atom stereocenters. The van der Waals surface area contributed by atoms with Crippen molar-refractivity contribution in [1.82, 2.24) is 0 Å². The molecular formula is C38H66O3. The van der Waals surface area contributed by atoms with Gasteiger partial charge in [0.15, 0.2) is 0 Å². The molecule has 3 nitrogen and oxygen atoms in total. The molecule has 0 radical (unpaired) electrons. The Hall–Kier alpha value is -1.71. The predicted molar refractivity (Wildman–Crippen MR) is 180 cm³/mol. The van der Waals surface area contributed by atoms with E-state index in [0.717, 1.165) is 42.7 Å². The van der Waals surface area contributed by atoms with Gasteiger partial charge in [-0.15, -0.1) is 0 Å². The van der Waals surface area contributed by atoms with Crippen LogP contribution in [0.15, 0.2) is 60.8 Å². The van der Waals surface area contributed by atoms with Gasteiger partial charge < -0.3 is 14.6 Å². The number of aliphatic hydroxyl groups is 1. The second kappa shape index (κ2) is 16.8. The first-order chi connectivity index (χ1) is 18.6. The van der Waals surface area contributed by atoms with E-state index in [1.54, 1.807) is 6.08 Å². The summed E-state index contributed by atoms with van der Waals surface area (Å²) in [4.78, 5) is 9.44. The molecule has 3 rings (SSSR count). The minimum absolute atomic E-state index is 0.0639. The van der Waals surface area contributed by atoms with Crippen LogP contribution in [-0.2, 0) is 9.53 Å². The highest BCUT2D eigenvalue weighted by molar-refractivity contribution is 5.72. The number of hydrogen-bond acceptors (Lipinski definition) is 3. The minimum atomic E-state index is -0.582. The van der Waals surface area contributed by atoms with E-state index in [4.69, 9.17) is 4.74 Å². The minimum Gasteiger partial charge on any atom is -0.390 e. The van der Waals surface area contributed by atoms with Crippen LogP contribution in [0, 0.1) is 17.3 Å². The van der Waals surface area contributed by atoms with E-state index in [1.807, 2.05) is 31.1 Å². The second-order valence-corrected chi connectivity index (χ2v) is 14.5. The molecule has 0 spiro atoms. The van der Waals surface area contributed by atoms with Crippen molar-refractivity contribution < 1.29 is 14.6 Å². The summed E-state index contributed by atoms with van der Waals surface area (Å²) in [5.74, 6) is 1.36. The van der Waals surface area contributed by atoms with Gasteiger partial charge in [-0.1, -0.05) is 88.5 Å². The Bertz CT molecular complexity index is 916. The van der Waals surface area contributed by atoms with Gasteiger partial charge in [0.25, 0.3) is 0 Å². The molecule has 3 atom stereocenters. The molecule has 0 aromatic rings. The van der Waals surface area contributed by atoms with Crippen LogP contribution in [0.25, 0.3) is 0 Å². The Balaban J connectivity index is 0.000000550. The molecule has 1 heterocycles. The van der Waals surface area contributed by atoms with Crippen molar-refractivity contribution in [3.63, 3.8) is 0 Å². The van der Waals surface area contributed by atoms with Crippen molar-refractivity contribution in [2.24, 2.45) is 17.3 Å². The van der Waals surface area contributed by atoms with Gasteiger partial charge in [-0.2, -0.15) is 0 Å². The fourth-order valence-corrected chi connectivity index (χ4v) is 5.32. The van der Waals surface area contributed by atoms with Crippen molar-refractivity contribution in [1.29, 1.82) is 0 Å². The lowest BCUT2D eigenvalue weighted by Crippen LogP contribution is -2.30. The highest BCUT2D eigenvalue weighted by Crippen LogP contribution is 2.51. The molecule has 1 saturated heterocycles. The van der Waals surface area contributed by atoms with Crippen molar-refractivity contribution >= 4 is 5.78 Å². The van der Waals surface area contributed by atoms with Crippen LogP contribution in [0.4, 0.5) is 0 Å². The first-order valence-electron chi connectivity index (χ1n) is 15.9. The van der Waals surface area contributed by atoms with E-state index >= 15 is 0 Å². The number of epoxide rings is 1. The van der Waals surface area contributed by atoms with Crippen LogP contribution in [0.3, 0.4) is 0 Å². The van der Waals surface area contributed by atoms with Gasteiger partial charge in [0, 0.05) is 0 Å². The molecule has 2 aliphatic carbocycles. The fraction of sp³-hybridized carbons (Fsp3) is 0.711. The highest BCUT2D eigenvalue weighted by Gasteiger charge is 2.59. The van der Waals surface area contributed by atoms with Gasteiger partial charge in [0.05, 0.1) is 16.8 Å². The molecule has 1 N–H and O–H groups in total. The van der Waals surface area contributed by atoms with Gasteiger partial charge >= 0.3 is 0 Å². The molecule has 0 bridgehead atoms. The zero-order chi connectivity index (χ0) is 32.2. The molecule has 236 valence electrons. The number of carbonyl (C=O) groups is 1. The number of ether oxygens (including phenoxy) is 1. The standard InChI is InChI=1S/C13H22.C11H18O.C11H20O.C3H6O/c1-10-8-9-11-6-4-5-7-12(11)13(10,2)3;1-6-9(2)7-8-11(5)10(3,4)12-11;1-6-9(2)7-8-10(3)11(4,5)12;1-3(2)4/h10H,4-9H2,1-3H3;6H,1-2,7-8H2,3-5H3;6,10,12H,1-2,7-8H2,3-5H3;1-2H3. The summed E-state index contributed by atoms with van der Waals surface area (Å²) in [5, 5.41) is 9.62. The van der Waals surface area contributed by atoms with E-state index in [-0.39, 0.29) is 17.0 Å². The molecule has 0 aromatic heterocycles. The average molecular weight is 571 g/mol. The van der Waals surface area contributed by atoms with E-state index in [0.29, 0.717) is 11.3 Å². The lowest BCUT2D eigenvalue weighted by Gasteiger charge is -2.42. The first kappa shape index (κ1) is 39.3. The zero-order valence-electron chi connectivity index (χ0n) is 29.0. The van der Waals surface area contributed by atoms with E-state index in [1.165, 1.54) is 52.4 Å². The fourth-order valence-electron chi connectivity index (χ4n) is 5.32. The van der Waals surface area contributed by atoms with Crippen molar-refractivity contribution in [3.8, 4) is 0 Å². The lowest BCUT2D eigenvalue weighted by atomic mass is 9.63. The van der Waals surface area contributed by atoms with Crippen molar-refractivity contribution in [2.45, 2.75) is 157 Å². The summed E-state index contributed by atoms with van der Waals surface area (Å²) in [5.41, 5.74) is 5.86. The van der Waals surface area contributed by atoms with Crippen molar-refractivity contribution in [2.75, 3.05) is 0 Å². The topological polar surface area (TPSA) is 49.8 Å². The SMILES string of the molecule is C=CC(=C)CCC(C)C(C)(C)O.C=CC(=C)CCC1(C)OC1(C)C.CC(C)=O.CC1CCC2=C(CCCC2)C1(C)C. The van der Waals surface area contributed by atoms with Gasteiger partial charge in [-0.25, -0.2) is 0 Å². The number of carbonyl (C=O) groups excluding carboxylic acids is 1. The quantitative estimate of drug-likeness (QED) is 0.170. The summed E-state index contributed by atoms with van der Waals surface area (Å²) < 4.78 is 5.61. The van der Waals surface area contributed by atoms with Gasteiger partial charge in [0.1, 0.15) is 5.78 Å². The Morgan fingerprint density at radius 3 is 1.90 bits per heavy atom. The zero-order valence-corrected chi connectivity index (χ0v) is 29.0. The second-order valence-electron chi connectivity index (χ2n) is 14.5. The number of ketones is 1. The number of rotatable bonds is 9. The van der Waals surface area contributed by atoms with Crippen LogP contribution in [0.5, 0.6) is 0 Å². The third-order valence-corrected chi connectivity index (χ3v) is 9.79. The Morgan fingerprint density at radius 2 is 1.46 bits per heavy atom. The summed E-state index contributed by atoms with van der Waals surface area (Å²) in [6.45, 7) is 37.6. The lowest BCUT2D eigenvalue weighted by molar-refractivity contribution is -0.115. The maximum atomic E-state index is 9.62. The third-order valence-electron chi connectivity index (χ3n) is 9.79. The van der Waals surface area contributed by atoms with Crippen LogP contribution in [0.1, 0.15) is 140 Å². The molecule has 1 aliphatic heterocycles. The van der Waals surface area contributed by atoms with E-state index in [9.17, 15) is 9.90 Å². The molecule has 3 heteroatoms. The first-order valence-corrected chi connectivity index (χ1v) is 15.9. The third kappa shape index (κ3) is 13.9. The number of Topliss-reactive ketones (excluding diaryl/α,β-unsaturated/α-hetero) is 1. The Labute approximate surface area is 255 Å². The molecule has 0 amide bonds. The van der Waals surface area contributed by atoms with Gasteiger partial charge in [-0.3, -0.25) is 0 Å².